The van der Waals surface area contributed by atoms with Crippen molar-refractivity contribution in [3.8, 4) is 0 Å². The van der Waals surface area contributed by atoms with Gasteiger partial charge in [-0.2, -0.15) is 0 Å². The zero-order chi connectivity index (χ0) is 15.2. The minimum atomic E-state index is -3.77. The van der Waals surface area contributed by atoms with Gasteiger partial charge in [0.05, 0.1) is 5.02 Å². The third-order valence-corrected chi connectivity index (χ3v) is 4.89. The third-order valence-electron chi connectivity index (χ3n) is 2.98. The van der Waals surface area contributed by atoms with E-state index in [0.717, 1.165) is 31.0 Å². The fourth-order valence-electron chi connectivity index (χ4n) is 1.94. The first kappa shape index (κ1) is 17.4. The molecule has 2 N–H and O–H groups in total. The maximum atomic E-state index is 12.9. The van der Waals surface area contributed by atoms with Crippen molar-refractivity contribution in [1.82, 2.24) is 4.72 Å². The molecule has 7 heteroatoms. The largest absolute Gasteiger partial charge is 0.396 e. The molecular weight excluding hydrogens is 305 g/mol. The first-order chi connectivity index (χ1) is 9.40. The number of rotatable bonds is 8. The van der Waals surface area contributed by atoms with Crippen molar-refractivity contribution in [3.05, 3.63) is 29.0 Å². The second-order valence-electron chi connectivity index (χ2n) is 4.59. The Morgan fingerprint density at radius 2 is 2.10 bits per heavy atom. The summed E-state index contributed by atoms with van der Waals surface area (Å²) in [5.41, 5.74) is 0. The molecule has 0 amide bonds. The predicted molar refractivity (Wildman–Crippen MR) is 76.7 cm³/mol. The fourth-order valence-corrected chi connectivity index (χ4v) is 3.58. The molecule has 1 atom stereocenters. The number of sulfonamides is 1. The van der Waals surface area contributed by atoms with E-state index in [0.29, 0.717) is 6.42 Å². The van der Waals surface area contributed by atoms with Crippen LogP contribution in [-0.4, -0.2) is 26.7 Å². The van der Waals surface area contributed by atoms with Crippen molar-refractivity contribution in [2.24, 2.45) is 5.92 Å². The van der Waals surface area contributed by atoms with Crippen LogP contribution in [0.25, 0.3) is 0 Å². The van der Waals surface area contributed by atoms with E-state index >= 15 is 0 Å². The summed E-state index contributed by atoms with van der Waals surface area (Å²) < 4.78 is 39.6. The molecule has 1 aromatic rings. The molecule has 0 aliphatic carbocycles. The van der Waals surface area contributed by atoms with Crippen LogP contribution in [0.1, 0.15) is 26.2 Å². The van der Waals surface area contributed by atoms with Crippen LogP contribution >= 0.6 is 11.6 Å². The summed E-state index contributed by atoms with van der Waals surface area (Å²) >= 11 is 5.75. The number of nitrogens with one attached hydrogen (secondary N) is 1. The average Bonchev–Trinajstić information content (AvgIpc) is 2.36. The van der Waals surface area contributed by atoms with Crippen LogP contribution < -0.4 is 4.72 Å². The Morgan fingerprint density at radius 1 is 1.40 bits per heavy atom. The molecule has 1 rings (SSSR count). The molecule has 1 unspecified atom stereocenters. The maximum absolute atomic E-state index is 12.9. The summed E-state index contributed by atoms with van der Waals surface area (Å²) in [4.78, 5) is -0.139. The Balaban J connectivity index is 2.78. The smallest absolute Gasteiger partial charge is 0.242 e. The van der Waals surface area contributed by atoms with Gasteiger partial charge in [-0.05, 0) is 37.0 Å². The van der Waals surface area contributed by atoms with Crippen LogP contribution in [0.2, 0.25) is 5.02 Å². The lowest BCUT2D eigenvalue weighted by molar-refractivity contribution is 0.251. The van der Waals surface area contributed by atoms with Crippen molar-refractivity contribution < 1.29 is 17.9 Å². The summed E-state index contributed by atoms with van der Waals surface area (Å²) in [7, 11) is -3.77. The van der Waals surface area contributed by atoms with Gasteiger partial charge in [0, 0.05) is 13.2 Å². The Kier molecular flexibility index (Phi) is 6.88. The van der Waals surface area contributed by atoms with Gasteiger partial charge in [0.15, 0.2) is 0 Å². The molecule has 0 saturated carbocycles. The predicted octanol–water partition coefficient (Wildman–Crippen LogP) is 2.56. The Hall–Kier alpha value is -0.690. The standard InChI is InChI=1S/C13H19ClFNO3S/c1-2-3-10(6-7-17)9-16-20(18,19)13-5-4-11(15)8-12(13)14/h4-5,8,10,16-17H,2-3,6-7,9H2,1H3. The van der Waals surface area contributed by atoms with Crippen LogP contribution in [0.15, 0.2) is 23.1 Å². The van der Waals surface area contributed by atoms with E-state index in [1.54, 1.807) is 0 Å². The maximum Gasteiger partial charge on any atom is 0.242 e. The summed E-state index contributed by atoms with van der Waals surface area (Å²) in [6.45, 7) is 2.24. The SMILES string of the molecule is CCCC(CCO)CNS(=O)(=O)c1ccc(F)cc1Cl. The van der Waals surface area contributed by atoms with Gasteiger partial charge in [-0.25, -0.2) is 17.5 Å². The molecule has 0 aliphatic heterocycles. The Morgan fingerprint density at radius 3 is 2.65 bits per heavy atom. The molecule has 0 heterocycles. The quantitative estimate of drug-likeness (QED) is 0.772. The van der Waals surface area contributed by atoms with Gasteiger partial charge in [-0.1, -0.05) is 24.9 Å². The first-order valence-corrected chi connectivity index (χ1v) is 8.32. The lowest BCUT2D eigenvalue weighted by Gasteiger charge is -2.16. The molecule has 0 radical (unpaired) electrons. The van der Waals surface area contributed by atoms with E-state index in [1.807, 2.05) is 6.92 Å². The van der Waals surface area contributed by atoms with Crippen molar-refractivity contribution >= 4 is 21.6 Å². The molecule has 4 nitrogen and oxygen atoms in total. The van der Waals surface area contributed by atoms with Crippen LogP contribution in [0.5, 0.6) is 0 Å². The van der Waals surface area contributed by atoms with Crippen molar-refractivity contribution in [1.29, 1.82) is 0 Å². The highest BCUT2D eigenvalue weighted by Gasteiger charge is 2.19. The molecule has 0 fully saturated rings. The van der Waals surface area contributed by atoms with Gasteiger partial charge in [0.1, 0.15) is 10.7 Å². The lowest BCUT2D eigenvalue weighted by atomic mass is 10.0. The second-order valence-corrected chi connectivity index (χ2v) is 6.74. The third kappa shape index (κ3) is 5.01. The molecule has 114 valence electrons. The highest BCUT2D eigenvalue weighted by atomic mass is 35.5. The van der Waals surface area contributed by atoms with Crippen molar-refractivity contribution in [2.45, 2.75) is 31.1 Å². The fraction of sp³-hybridized carbons (Fsp3) is 0.538. The van der Waals surface area contributed by atoms with Crippen LogP contribution in [0.4, 0.5) is 4.39 Å². The number of aliphatic hydroxyl groups excluding tert-OH is 1. The summed E-state index contributed by atoms with van der Waals surface area (Å²) in [6, 6.07) is 3.16. The number of benzene rings is 1. The topological polar surface area (TPSA) is 66.4 Å². The summed E-state index contributed by atoms with van der Waals surface area (Å²) in [5, 5.41) is 8.80. The Labute approximate surface area is 124 Å². The number of hydrogen-bond acceptors (Lipinski definition) is 3. The van der Waals surface area contributed by atoms with E-state index in [4.69, 9.17) is 16.7 Å². The normalized spacial score (nSPS) is 13.4. The molecule has 0 aliphatic rings. The van der Waals surface area contributed by atoms with Gasteiger partial charge in [0.25, 0.3) is 0 Å². The van der Waals surface area contributed by atoms with Gasteiger partial charge in [-0.15, -0.1) is 0 Å². The van der Waals surface area contributed by atoms with Gasteiger partial charge < -0.3 is 5.11 Å². The van der Waals surface area contributed by atoms with Crippen molar-refractivity contribution in [3.63, 3.8) is 0 Å². The Bertz CT molecular complexity index is 530. The molecule has 20 heavy (non-hydrogen) atoms. The molecule has 0 aromatic heterocycles. The molecule has 0 saturated heterocycles. The van der Waals surface area contributed by atoms with Crippen LogP contribution in [0, 0.1) is 11.7 Å². The van der Waals surface area contributed by atoms with Gasteiger partial charge >= 0.3 is 0 Å². The number of aliphatic hydroxyl groups is 1. The van der Waals surface area contributed by atoms with E-state index < -0.39 is 15.8 Å². The van der Waals surface area contributed by atoms with Crippen molar-refractivity contribution in [2.75, 3.05) is 13.2 Å². The van der Waals surface area contributed by atoms with E-state index in [-0.39, 0.29) is 29.0 Å². The summed E-state index contributed by atoms with van der Waals surface area (Å²) in [6.07, 6.45) is 2.26. The first-order valence-electron chi connectivity index (χ1n) is 6.46. The van der Waals surface area contributed by atoms with Gasteiger partial charge in [0.2, 0.25) is 10.0 Å². The van der Waals surface area contributed by atoms with Gasteiger partial charge in [-0.3, -0.25) is 0 Å². The highest BCUT2D eigenvalue weighted by Crippen LogP contribution is 2.22. The molecule has 0 spiro atoms. The van der Waals surface area contributed by atoms with Crippen LogP contribution in [-0.2, 0) is 10.0 Å². The minimum absolute atomic E-state index is 0.0176. The molecule has 1 aromatic carbocycles. The van der Waals surface area contributed by atoms with E-state index in [2.05, 4.69) is 4.72 Å². The summed E-state index contributed by atoms with van der Waals surface area (Å²) in [5.74, 6) is -0.517. The lowest BCUT2D eigenvalue weighted by Crippen LogP contribution is -2.30. The molecular formula is C13H19ClFNO3S. The van der Waals surface area contributed by atoms with Crippen LogP contribution in [0.3, 0.4) is 0 Å². The average molecular weight is 324 g/mol. The monoisotopic (exact) mass is 323 g/mol. The zero-order valence-electron chi connectivity index (χ0n) is 11.3. The molecule has 0 bridgehead atoms. The number of halogens is 2. The number of hydrogen-bond donors (Lipinski definition) is 2. The second kappa shape index (κ2) is 7.93. The van der Waals surface area contributed by atoms with E-state index in [1.165, 1.54) is 0 Å². The highest BCUT2D eigenvalue weighted by molar-refractivity contribution is 7.89. The zero-order valence-corrected chi connectivity index (χ0v) is 12.8. The van der Waals surface area contributed by atoms with E-state index in [9.17, 15) is 12.8 Å². The minimum Gasteiger partial charge on any atom is -0.396 e.